The highest BCUT2D eigenvalue weighted by atomic mass is 32.1. The largest absolute Gasteiger partial charge is 0.312 e. The quantitative estimate of drug-likeness (QED) is 0.280. The van der Waals surface area contributed by atoms with Crippen molar-refractivity contribution in [1.82, 2.24) is 15.0 Å². The summed E-state index contributed by atoms with van der Waals surface area (Å²) in [6.45, 7) is 6.93. The summed E-state index contributed by atoms with van der Waals surface area (Å²) in [6.07, 6.45) is 8.10. The minimum absolute atomic E-state index is 0.170. The third-order valence-corrected chi connectivity index (χ3v) is 9.12. The molecule has 0 unspecified atom stereocenters. The minimum atomic E-state index is -0.215. The van der Waals surface area contributed by atoms with Crippen LogP contribution in [0.3, 0.4) is 0 Å². The van der Waals surface area contributed by atoms with Crippen molar-refractivity contribution in [3.05, 3.63) is 63.8 Å². The van der Waals surface area contributed by atoms with Gasteiger partial charge in [0.1, 0.15) is 0 Å². The number of amides is 2. The Bertz CT molecular complexity index is 1600. The zero-order valence-electron chi connectivity index (χ0n) is 23.4. The SMILES string of the molecule is CCc1nc2ccc(C(=O)Nc3nc(-c4ccc5c(c4)CCN5C(=O)C4CCCCC4)c(C)s3)cc2nc1CC. The maximum Gasteiger partial charge on any atom is 0.257 e. The fraction of sp³-hybridized carbons (Fsp3) is 0.406. The second-order valence-corrected chi connectivity index (χ2v) is 12.0. The third-order valence-electron chi connectivity index (χ3n) is 8.24. The summed E-state index contributed by atoms with van der Waals surface area (Å²) in [5.41, 5.74) is 8.15. The number of aromatic nitrogens is 3. The Balaban J connectivity index is 1.20. The summed E-state index contributed by atoms with van der Waals surface area (Å²) < 4.78 is 0. The van der Waals surface area contributed by atoms with Gasteiger partial charge in [-0.25, -0.2) is 15.0 Å². The number of hydrogen-bond acceptors (Lipinski definition) is 6. The monoisotopic (exact) mass is 553 g/mol. The molecule has 1 aliphatic carbocycles. The lowest BCUT2D eigenvalue weighted by Gasteiger charge is -2.26. The summed E-state index contributed by atoms with van der Waals surface area (Å²) in [5.74, 6) is 0.244. The minimum Gasteiger partial charge on any atom is -0.312 e. The number of nitrogens with one attached hydrogen (secondary N) is 1. The summed E-state index contributed by atoms with van der Waals surface area (Å²) in [4.78, 5) is 43.7. The van der Waals surface area contributed by atoms with Gasteiger partial charge in [0.15, 0.2) is 5.13 Å². The van der Waals surface area contributed by atoms with E-state index in [4.69, 9.17) is 15.0 Å². The van der Waals surface area contributed by atoms with E-state index in [2.05, 4.69) is 37.4 Å². The standard InChI is InChI=1S/C32H35N5O2S/c1-4-24-25(5-2)34-27-18-23(11-13-26(27)33-24)30(38)36-32-35-29(19(3)40-32)22-12-14-28-21(17-22)15-16-37(28)31(39)20-9-7-6-8-10-20/h11-14,17-18,20H,4-10,15-16H2,1-3H3,(H,35,36,38). The van der Waals surface area contributed by atoms with Crippen molar-refractivity contribution in [2.24, 2.45) is 5.92 Å². The number of nitrogens with zero attached hydrogens (tertiary/aromatic N) is 4. The molecule has 1 aliphatic heterocycles. The van der Waals surface area contributed by atoms with Crippen LogP contribution in [0.4, 0.5) is 10.8 Å². The summed E-state index contributed by atoms with van der Waals surface area (Å²) in [7, 11) is 0. The predicted octanol–water partition coefficient (Wildman–Crippen LogP) is 6.91. The second-order valence-electron chi connectivity index (χ2n) is 10.8. The molecule has 4 aromatic rings. The molecule has 1 fully saturated rings. The van der Waals surface area contributed by atoms with Gasteiger partial charge < -0.3 is 4.90 Å². The van der Waals surface area contributed by atoms with Crippen molar-refractivity contribution in [3.63, 3.8) is 0 Å². The highest BCUT2D eigenvalue weighted by molar-refractivity contribution is 7.16. The lowest BCUT2D eigenvalue weighted by molar-refractivity contribution is -0.123. The molecular formula is C32H35N5O2S. The first kappa shape index (κ1) is 26.6. The van der Waals surface area contributed by atoms with E-state index in [9.17, 15) is 9.59 Å². The van der Waals surface area contributed by atoms with Crippen LogP contribution < -0.4 is 10.2 Å². The molecule has 8 heteroatoms. The third kappa shape index (κ3) is 5.01. The van der Waals surface area contributed by atoms with E-state index >= 15 is 0 Å². The van der Waals surface area contributed by atoms with Crippen LogP contribution in [0, 0.1) is 12.8 Å². The molecule has 0 radical (unpaired) electrons. The predicted molar refractivity (Wildman–Crippen MR) is 161 cm³/mol. The number of anilines is 2. The van der Waals surface area contributed by atoms with E-state index < -0.39 is 0 Å². The van der Waals surface area contributed by atoms with Crippen molar-refractivity contribution in [3.8, 4) is 11.3 Å². The molecule has 206 valence electrons. The van der Waals surface area contributed by atoms with Crippen LogP contribution in [0.5, 0.6) is 0 Å². The van der Waals surface area contributed by atoms with Gasteiger partial charge in [0.2, 0.25) is 5.91 Å². The van der Waals surface area contributed by atoms with E-state index in [1.807, 2.05) is 17.9 Å². The second kappa shape index (κ2) is 11.1. The van der Waals surface area contributed by atoms with E-state index in [1.54, 1.807) is 12.1 Å². The van der Waals surface area contributed by atoms with E-state index in [-0.39, 0.29) is 17.7 Å². The Labute approximate surface area is 239 Å². The molecule has 3 heterocycles. The molecule has 0 atom stereocenters. The van der Waals surface area contributed by atoms with Gasteiger partial charge in [0, 0.05) is 34.2 Å². The van der Waals surface area contributed by atoms with Crippen molar-refractivity contribution in [2.45, 2.75) is 72.1 Å². The first-order valence-corrected chi connectivity index (χ1v) is 15.3. The molecule has 2 aromatic carbocycles. The van der Waals surface area contributed by atoms with Gasteiger partial charge in [-0.3, -0.25) is 14.9 Å². The Morgan fingerprint density at radius 1 is 0.950 bits per heavy atom. The molecule has 0 spiro atoms. The van der Waals surface area contributed by atoms with Crippen LogP contribution in [-0.2, 0) is 24.1 Å². The molecule has 6 rings (SSSR count). The summed E-state index contributed by atoms with van der Waals surface area (Å²) >= 11 is 1.47. The number of rotatable bonds is 6. The maximum absolute atomic E-state index is 13.2. The highest BCUT2D eigenvalue weighted by Crippen LogP contribution is 2.37. The molecule has 2 aliphatic rings. The van der Waals surface area contributed by atoms with Gasteiger partial charge in [-0.2, -0.15) is 0 Å². The van der Waals surface area contributed by atoms with Crippen molar-refractivity contribution >= 4 is 45.0 Å². The lowest BCUT2D eigenvalue weighted by atomic mass is 9.88. The van der Waals surface area contributed by atoms with Gasteiger partial charge >= 0.3 is 0 Å². The zero-order valence-corrected chi connectivity index (χ0v) is 24.2. The average Bonchev–Trinajstić information content (AvgIpc) is 3.58. The maximum atomic E-state index is 13.2. The molecule has 1 N–H and O–H groups in total. The van der Waals surface area contributed by atoms with Crippen LogP contribution in [0.15, 0.2) is 36.4 Å². The lowest BCUT2D eigenvalue weighted by Crippen LogP contribution is -2.35. The fourth-order valence-corrected chi connectivity index (χ4v) is 6.90. The van der Waals surface area contributed by atoms with Gasteiger partial charge in [-0.1, -0.05) is 39.2 Å². The summed E-state index contributed by atoms with van der Waals surface area (Å²) in [6, 6.07) is 11.7. The molecule has 40 heavy (non-hydrogen) atoms. The Morgan fingerprint density at radius 3 is 2.45 bits per heavy atom. The molecular weight excluding hydrogens is 518 g/mol. The number of hydrogen-bond donors (Lipinski definition) is 1. The average molecular weight is 554 g/mol. The summed E-state index contributed by atoms with van der Waals surface area (Å²) in [5, 5.41) is 3.55. The molecule has 2 amide bonds. The highest BCUT2D eigenvalue weighted by Gasteiger charge is 2.31. The number of benzene rings is 2. The van der Waals surface area contributed by atoms with Crippen molar-refractivity contribution in [1.29, 1.82) is 0 Å². The van der Waals surface area contributed by atoms with Crippen LogP contribution in [-0.4, -0.2) is 33.3 Å². The Hall–Kier alpha value is -3.65. The number of aryl methyl sites for hydroxylation is 3. The normalized spacial score (nSPS) is 15.4. The number of thiazole rings is 1. The molecule has 1 saturated carbocycles. The molecule has 0 bridgehead atoms. The smallest absolute Gasteiger partial charge is 0.257 e. The van der Waals surface area contributed by atoms with Crippen LogP contribution in [0.25, 0.3) is 22.3 Å². The van der Waals surface area contributed by atoms with Gasteiger partial charge in [-0.05, 0) is 74.9 Å². The van der Waals surface area contributed by atoms with Crippen molar-refractivity contribution < 1.29 is 9.59 Å². The fourth-order valence-electron chi connectivity index (χ4n) is 6.07. The van der Waals surface area contributed by atoms with E-state index in [0.717, 1.165) is 95.7 Å². The van der Waals surface area contributed by atoms with Gasteiger partial charge in [0.25, 0.3) is 5.91 Å². The number of carbonyl (C=O) groups is 2. The Kier molecular flexibility index (Phi) is 7.36. The van der Waals surface area contributed by atoms with E-state index in [1.165, 1.54) is 23.3 Å². The van der Waals surface area contributed by atoms with Crippen LogP contribution in [0.2, 0.25) is 0 Å². The molecule has 0 saturated heterocycles. The topological polar surface area (TPSA) is 88.1 Å². The Morgan fingerprint density at radius 2 is 1.70 bits per heavy atom. The van der Waals surface area contributed by atoms with Crippen molar-refractivity contribution in [2.75, 3.05) is 16.8 Å². The molecule has 7 nitrogen and oxygen atoms in total. The van der Waals surface area contributed by atoms with Gasteiger partial charge in [0.05, 0.1) is 28.1 Å². The zero-order chi connectivity index (χ0) is 27.8. The van der Waals surface area contributed by atoms with Crippen LogP contribution >= 0.6 is 11.3 Å². The molecule has 2 aromatic heterocycles. The van der Waals surface area contributed by atoms with Crippen LogP contribution in [0.1, 0.15) is 78.1 Å². The first-order chi connectivity index (χ1) is 19.4. The van der Waals surface area contributed by atoms with E-state index in [0.29, 0.717) is 10.7 Å². The van der Waals surface area contributed by atoms with Gasteiger partial charge in [-0.15, -0.1) is 11.3 Å². The first-order valence-electron chi connectivity index (χ1n) is 14.5. The number of fused-ring (bicyclic) bond motifs is 2. The number of carbonyl (C=O) groups excluding carboxylic acids is 2.